The summed E-state index contributed by atoms with van der Waals surface area (Å²) in [5.41, 5.74) is 14.1. The van der Waals surface area contributed by atoms with Gasteiger partial charge in [0.2, 0.25) is 0 Å². The molecule has 0 saturated heterocycles. The van der Waals surface area contributed by atoms with Crippen molar-refractivity contribution in [3.05, 3.63) is 35.2 Å². The molecule has 0 spiro atoms. The van der Waals surface area contributed by atoms with Crippen LogP contribution in [0.4, 0.5) is 11.4 Å². The first kappa shape index (κ1) is 12.9. The fourth-order valence-electron chi connectivity index (χ4n) is 1.93. The van der Waals surface area contributed by atoms with Gasteiger partial charge in [0, 0.05) is 11.4 Å². The van der Waals surface area contributed by atoms with Gasteiger partial charge in [0.1, 0.15) is 0 Å². The van der Waals surface area contributed by atoms with Crippen LogP contribution in [0, 0.1) is 0 Å². The van der Waals surface area contributed by atoms with Crippen molar-refractivity contribution in [3.63, 3.8) is 0 Å². The number of aliphatic hydroxyl groups excluding tert-OH is 1. The quantitative estimate of drug-likeness (QED) is 0.571. The predicted octanol–water partition coefficient (Wildman–Crippen LogP) is 1.55. The average Bonchev–Trinajstić information content (AvgIpc) is 2.71. The lowest BCUT2D eigenvalue weighted by Gasteiger charge is -2.14. The maximum atomic E-state index is 8.88. The molecule has 0 aromatic heterocycles. The van der Waals surface area contributed by atoms with Crippen molar-refractivity contribution in [1.29, 1.82) is 0 Å². The Morgan fingerprint density at radius 2 is 2.17 bits per heavy atom. The van der Waals surface area contributed by atoms with Gasteiger partial charge in [-0.05, 0) is 29.2 Å². The Kier molecular flexibility index (Phi) is 3.84. The lowest BCUT2D eigenvalue weighted by molar-refractivity contribution is 0.307. The number of benzene rings is 1. The lowest BCUT2D eigenvalue weighted by Crippen LogP contribution is -2.09. The van der Waals surface area contributed by atoms with Crippen LogP contribution >= 0.6 is 10.5 Å². The van der Waals surface area contributed by atoms with Crippen molar-refractivity contribution in [3.8, 4) is 0 Å². The van der Waals surface area contributed by atoms with E-state index < -0.39 is 0 Å². The van der Waals surface area contributed by atoms with Gasteiger partial charge in [-0.25, -0.2) is 0 Å². The number of nitrogen functional groups attached to an aromatic ring is 2. The normalized spacial score (nSPS) is 24.8. The van der Waals surface area contributed by atoms with E-state index in [2.05, 4.69) is 16.9 Å². The number of allylic oxidation sites excluding steroid dienone is 1. The lowest BCUT2D eigenvalue weighted by atomic mass is 9.98. The minimum absolute atomic E-state index is 0.0286. The van der Waals surface area contributed by atoms with Gasteiger partial charge >= 0.3 is 0 Å². The van der Waals surface area contributed by atoms with Gasteiger partial charge in [0.05, 0.1) is 24.1 Å². The van der Waals surface area contributed by atoms with Gasteiger partial charge in [0.25, 0.3) is 0 Å². The van der Waals surface area contributed by atoms with Crippen molar-refractivity contribution in [2.24, 2.45) is 4.99 Å². The summed E-state index contributed by atoms with van der Waals surface area (Å²) in [7, 11) is -0.246. The summed E-state index contributed by atoms with van der Waals surface area (Å²) in [4.78, 5) is 4.41. The van der Waals surface area contributed by atoms with Crippen LogP contribution in [0.1, 0.15) is 11.5 Å². The van der Waals surface area contributed by atoms with E-state index in [9.17, 15) is 0 Å². The molecule has 96 valence electrons. The summed E-state index contributed by atoms with van der Waals surface area (Å²) in [6.07, 6.45) is 2.05. The van der Waals surface area contributed by atoms with Crippen molar-refractivity contribution in [1.82, 2.24) is 0 Å². The molecule has 0 bridgehead atoms. The molecule has 2 rings (SSSR count). The average molecular weight is 263 g/mol. The monoisotopic (exact) mass is 263 g/mol. The molecule has 2 atom stereocenters. The van der Waals surface area contributed by atoms with Crippen molar-refractivity contribution in [2.45, 2.75) is 5.92 Å². The largest absolute Gasteiger partial charge is 0.399 e. The number of aliphatic imine (C=N–C) groups is 1. The van der Waals surface area contributed by atoms with Crippen molar-refractivity contribution < 1.29 is 5.11 Å². The summed E-state index contributed by atoms with van der Waals surface area (Å²) in [5, 5.41) is 11.9. The topological polar surface area (TPSA) is 84.6 Å². The third-order valence-electron chi connectivity index (χ3n) is 2.78. The molecule has 18 heavy (non-hydrogen) atoms. The zero-order chi connectivity index (χ0) is 13.1. The van der Waals surface area contributed by atoms with Crippen molar-refractivity contribution in [2.75, 3.05) is 24.6 Å². The molecular weight excluding hydrogens is 246 g/mol. The van der Waals surface area contributed by atoms with Gasteiger partial charge in [-0.3, -0.25) is 4.99 Å². The molecular formula is C13H17N3OS. The zero-order valence-electron chi connectivity index (χ0n) is 10.0. The molecule has 1 aromatic carbocycles. The summed E-state index contributed by atoms with van der Waals surface area (Å²) in [5.74, 6) is 4.08. The zero-order valence-corrected chi connectivity index (χ0v) is 10.9. The van der Waals surface area contributed by atoms with E-state index in [-0.39, 0.29) is 23.0 Å². The number of anilines is 2. The van der Waals surface area contributed by atoms with E-state index in [1.807, 2.05) is 17.5 Å². The summed E-state index contributed by atoms with van der Waals surface area (Å²) in [6, 6.07) is 5.47. The number of nitrogens with zero attached hydrogens (tertiary/aromatic N) is 1. The third kappa shape index (κ3) is 2.47. The number of hydrogen-bond acceptors (Lipinski definition) is 4. The van der Waals surface area contributed by atoms with E-state index in [0.717, 1.165) is 10.6 Å². The van der Waals surface area contributed by atoms with Crippen LogP contribution in [0.3, 0.4) is 0 Å². The highest BCUT2D eigenvalue weighted by molar-refractivity contribution is 8.29. The second-order valence-corrected chi connectivity index (χ2v) is 5.62. The van der Waals surface area contributed by atoms with E-state index in [4.69, 9.17) is 16.6 Å². The first-order valence-electron chi connectivity index (χ1n) is 5.64. The molecule has 0 aliphatic carbocycles. The number of nitrogens with two attached hydrogens (primary N) is 2. The number of rotatable bonds is 3. The maximum absolute atomic E-state index is 8.88. The third-order valence-corrected chi connectivity index (χ3v) is 4.19. The van der Waals surface area contributed by atoms with E-state index in [1.54, 1.807) is 6.07 Å². The number of aliphatic hydroxyl groups is 1. The first-order chi connectivity index (χ1) is 8.63. The standard InChI is InChI=1S/C13H17N3OS/c1-18-7-4-10(13(18)16-5-6-17)11-8-9(14)2-3-12(11)15/h2-4,7-8,10,17H,1,5-6,14-15H2. The molecule has 0 fully saturated rings. The van der Waals surface area contributed by atoms with Crippen LogP contribution in [-0.4, -0.2) is 29.2 Å². The molecule has 5 heteroatoms. The van der Waals surface area contributed by atoms with Crippen LogP contribution in [0.15, 0.2) is 34.7 Å². The Labute approximate surface area is 109 Å². The Morgan fingerprint density at radius 3 is 2.89 bits per heavy atom. The highest BCUT2D eigenvalue weighted by atomic mass is 32.2. The maximum Gasteiger partial charge on any atom is 0.0770 e. The van der Waals surface area contributed by atoms with E-state index in [1.165, 1.54) is 0 Å². The van der Waals surface area contributed by atoms with Crippen LogP contribution in [0.25, 0.3) is 0 Å². The van der Waals surface area contributed by atoms with E-state index in [0.29, 0.717) is 17.9 Å². The van der Waals surface area contributed by atoms with Crippen LogP contribution in [0.2, 0.25) is 0 Å². The Morgan fingerprint density at radius 1 is 1.39 bits per heavy atom. The molecule has 0 radical (unpaired) electrons. The molecule has 1 heterocycles. The minimum atomic E-state index is -0.246. The summed E-state index contributed by atoms with van der Waals surface area (Å²) in [6.45, 7) is 0.439. The van der Waals surface area contributed by atoms with Crippen LogP contribution in [-0.2, 0) is 0 Å². The Balaban J connectivity index is 2.40. The van der Waals surface area contributed by atoms with Crippen LogP contribution < -0.4 is 11.5 Å². The Bertz CT molecular complexity index is 537. The summed E-state index contributed by atoms with van der Waals surface area (Å²) >= 11 is 0. The second kappa shape index (κ2) is 5.37. The minimum Gasteiger partial charge on any atom is -0.399 e. The number of hydrogen-bond donors (Lipinski definition) is 3. The highest BCUT2D eigenvalue weighted by Gasteiger charge is 2.23. The molecule has 1 aromatic rings. The molecule has 1 aliphatic rings. The SMILES string of the molecule is C=S1C=CC(c2cc(N)ccc2N)C1=NCCO. The fourth-order valence-corrected chi connectivity index (χ4v) is 3.20. The van der Waals surface area contributed by atoms with E-state index >= 15 is 0 Å². The van der Waals surface area contributed by atoms with Gasteiger partial charge in [-0.1, -0.05) is 11.9 Å². The summed E-state index contributed by atoms with van der Waals surface area (Å²) < 4.78 is 0. The van der Waals surface area contributed by atoms with Gasteiger partial charge < -0.3 is 16.6 Å². The van der Waals surface area contributed by atoms with Crippen molar-refractivity contribution >= 4 is 32.8 Å². The fraction of sp³-hybridized carbons (Fsp3) is 0.231. The van der Waals surface area contributed by atoms with Gasteiger partial charge in [-0.2, -0.15) is 0 Å². The van der Waals surface area contributed by atoms with Gasteiger partial charge in [0.15, 0.2) is 0 Å². The van der Waals surface area contributed by atoms with Gasteiger partial charge in [-0.15, -0.1) is 10.5 Å². The smallest absolute Gasteiger partial charge is 0.0770 e. The molecule has 0 amide bonds. The molecule has 5 N–H and O–H groups in total. The highest BCUT2D eigenvalue weighted by Crippen LogP contribution is 2.39. The first-order valence-corrected chi connectivity index (χ1v) is 7.10. The molecule has 1 aliphatic heterocycles. The molecule has 2 unspecified atom stereocenters. The van der Waals surface area contributed by atoms with Crippen LogP contribution in [0.5, 0.6) is 0 Å². The predicted molar refractivity (Wildman–Crippen MR) is 81.2 cm³/mol. The molecule has 0 saturated carbocycles. The Hall–Kier alpha value is -1.59. The second-order valence-electron chi connectivity index (χ2n) is 4.07. The molecule has 4 nitrogen and oxygen atoms in total.